The average molecular weight is 416 g/mol. The lowest BCUT2D eigenvalue weighted by atomic mass is 9.96. The van der Waals surface area contributed by atoms with E-state index in [-0.39, 0.29) is 22.9 Å². The number of nitrogens with one attached hydrogen (secondary N) is 1. The van der Waals surface area contributed by atoms with Crippen molar-refractivity contribution < 1.29 is 14.0 Å². The number of likely N-dealkylation sites (tertiary alicyclic amines) is 1. The number of benzene rings is 2. The summed E-state index contributed by atoms with van der Waals surface area (Å²) >= 11 is 1.10. The highest BCUT2D eigenvalue weighted by Gasteiger charge is 2.26. The van der Waals surface area contributed by atoms with Crippen LogP contribution in [0.5, 0.6) is 0 Å². The Labute approximate surface area is 175 Å². The number of hydrogen-bond acceptors (Lipinski definition) is 4. The van der Waals surface area contributed by atoms with Crippen LogP contribution in [0.15, 0.2) is 53.4 Å². The molecule has 1 heterocycles. The van der Waals surface area contributed by atoms with Crippen LogP contribution in [0, 0.1) is 11.7 Å². The van der Waals surface area contributed by atoms with Crippen molar-refractivity contribution in [3.8, 4) is 0 Å². The van der Waals surface area contributed by atoms with Crippen molar-refractivity contribution in [1.82, 2.24) is 9.80 Å². The molecule has 0 aliphatic carbocycles. The summed E-state index contributed by atoms with van der Waals surface area (Å²) < 4.78 is 13.4. The van der Waals surface area contributed by atoms with Crippen LogP contribution in [0.1, 0.15) is 18.4 Å². The summed E-state index contributed by atoms with van der Waals surface area (Å²) in [6.07, 6.45) is 1.74. The molecule has 3 rings (SSSR count). The molecule has 1 aliphatic rings. The van der Waals surface area contributed by atoms with E-state index in [1.165, 1.54) is 11.0 Å². The zero-order valence-corrected chi connectivity index (χ0v) is 17.5. The highest BCUT2D eigenvalue weighted by Crippen LogP contribution is 2.29. The molecule has 1 fully saturated rings. The molecule has 2 amide bonds. The molecule has 1 atom stereocenters. The number of nitrogens with zero attached hydrogens (tertiary/aromatic N) is 2. The van der Waals surface area contributed by atoms with Crippen molar-refractivity contribution in [1.29, 1.82) is 0 Å². The molecule has 1 aliphatic heterocycles. The molecule has 2 aromatic carbocycles. The SMILES string of the molecule is CN(C)C(=O)Sc1ccccc1NC(=O)C1CCCN(Cc2cccc(F)c2)C1. The van der Waals surface area contributed by atoms with Crippen LogP contribution in [0.2, 0.25) is 0 Å². The summed E-state index contributed by atoms with van der Waals surface area (Å²) in [6, 6.07) is 13.9. The van der Waals surface area contributed by atoms with Gasteiger partial charge in [0.15, 0.2) is 0 Å². The molecule has 1 unspecified atom stereocenters. The summed E-state index contributed by atoms with van der Waals surface area (Å²) in [7, 11) is 3.40. The molecule has 154 valence electrons. The van der Waals surface area contributed by atoms with Gasteiger partial charge in [0.25, 0.3) is 5.24 Å². The van der Waals surface area contributed by atoms with E-state index in [1.807, 2.05) is 30.3 Å². The van der Waals surface area contributed by atoms with E-state index in [9.17, 15) is 14.0 Å². The van der Waals surface area contributed by atoms with Crippen molar-refractivity contribution in [2.75, 3.05) is 32.5 Å². The third-order valence-electron chi connectivity index (χ3n) is 4.88. The quantitative estimate of drug-likeness (QED) is 0.733. The maximum atomic E-state index is 13.4. The van der Waals surface area contributed by atoms with Crippen LogP contribution in [0.25, 0.3) is 0 Å². The summed E-state index contributed by atoms with van der Waals surface area (Å²) in [5.74, 6) is -0.422. The lowest BCUT2D eigenvalue weighted by Crippen LogP contribution is -2.40. The van der Waals surface area contributed by atoms with Gasteiger partial charge < -0.3 is 10.2 Å². The molecule has 7 heteroatoms. The second-order valence-electron chi connectivity index (χ2n) is 7.45. The van der Waals surface area contributed by atoms with E-state index in [0.717, 1.165) is 41.6 Å². The van der Waals surface area contributed by atoms with Crippen LogP contribution in [0.4, 0.5) is 14.9 Å². The molecule has 1 N–H and O–H groups in total. The fourth-order valence-corrected chi connectivity index (χ4v) is 4.13. The number of thioether (sulfide) groups is 1. The van der Waals surface area contributed by atoms with Gasteiger partial charge in [-0.05, 0) is 61.0 Å². The molecule has 29 heavy (non-hydrogen) atoms. The van der Waals surface area contributed by atoms with E-state index in [2.05, 4.69) is 10.2 Å². The number of anilines is 1. The van der Waals surface area contributed by atoms with Crippen molar-refractivity contribution in [3.63, 3.8) is 0 Å². The van der Waals surface area contributed by atoms with Gasteiger partial charge in [-0.2, -0.15) is 0 Å². The highest BCUT2D eigenvalue weighted by atomic mass is 32.2. The van der Waals surface area contributed by atoms with Gasteiger partial charge in [-0.15, -0.1) is 0 Å². The number of para-hydroxylation sites is 1. The Morgan fingerprint density at radius 2 is 2.00 bits per heavy atom. The molecule has 0 bridgehead atoms. The minimum absolute atomic E-state index is 0.0423. The number of carbonyl (C=O) groups excluding carboxylic acids is 2. The molecule has 0 spiro atoms. The fourth-order valence-electron chi connectivity index (χ4n) is 3.39. The Bertz CT molecular complexity index is 875. The zero-order chi connectivity index (χ0) is 20.8. The molecular formula is C22H26FN3O2S. The van der Waals surface area contributed by atoms with E-state index in [0.29, 0.717) is 18.8 Å². The molecule has 0 radical (unpaired) electrons. The molecule has 0 saturated carbocycles. The van der Waals surface area contributed by atoms with Crippen LogP contribution < -0.4 is 5.32 Å². The van der Waals surface area contributed by atoms with Crippen molar-refractivity contribution in [3.05, 3.63) is 59.9 Å². The van der Waals surface area contributed by atoms with Crippen molar-refractivity contribution in [2.24, 2.45) is 5.92 Å². The Kier molecular flexibility index (Phi) is 7.28. The molecule has 0 aromatic heterocycles. The Morgan fingerprint density at radius 3 is 2.76 bits per heavy atom. The van der Waals surface area contributed by atoms with Crippen LogP contribution in [-0.4, -0.2) is 48.1 Å². The van der Waals surface area contributed by atoms with E-state index < -0.39 is 0 Å². The first-order chi connectivity index (χ1) is 13.9. The Balaban J connectivity index is 1.63. The minimum atomic E-state index is -0.241. The second-order valence-corrected chi connectivity index (χ2v) is 8.45. The molecular weight excluding hydrogens is 389 g/mol. The number of piperidine rings is 1. The maximum absolute atomic E-state index is 13.4. The summed E-state index contributed by atoms with van der Waals surface area (Å²) in [5, 5.41) is 2.91. The normalized spacial score (nSPS) is 17.0. The highest BCUT2D eigenvalue weighted by molar-refractivity contribution is 8.13. The maximum Gasteiger partial charge on any atom is 0.286 e. The first kappa shape index (κ1) is 21.3. The monoisotopic (exact) mass is 415 g/mol. The number of halogens is 1. The van der Waals surface area contributed by atoms with E-state index in [4.69, 9.17) is 0 Å². The number of hydrogen-bond donors (Lipinski definition) is 1. The third kappa shape index (κ3) is 6.05. The van der Waals surface area contributed by atoms with Gasteiger partial charge >= 0.3 is 0 Å². The van der Waals surface area contributed by atoms with Crippen molar-refractivity contribution >= 4 is 28.6 Å². The van der Waals surface area contributed by atoms with E-state index >= 15 is 0 Å². The van der Waals surface area contributed by atoms with Gasteiger partial charge in [-0.25, -0.2) is 4.39 Å². The number of amides is 2. The molecule has 1 saturated heterocycles. The predicted octanol–water partition coefficient (Wildman–Crippen LogP) is 4.45. The first-order valence-electron chi connectivity index (χ1n) is 9.68. The number of carbonyl (C=O) groups is 2. The van der Waals surface area contributed by atoms with Gasteiger partial charge in [0.05, 0.1) is 11.6 Å². The van der Waals surface area contributed by atoms with Crippen LogP contribution >= 0.6 is 11.8 Å². The third-order valence-corrected chi connectivity index (χ3v) is 5.99. The fraction of sp³-hybridized carbons (Fsp3) is 0.364. The van der Waals surface area contributed by atoms with Gasteiger partial charge in [-0.1, -0.05) is 24.3 Å². The standard InChI is InChI=1S/C22H26FN3O2S/c1-25(2)22(28)29-20-11-4-3-10-19(20)24-21(27)17-8-6-12-26(15-17)14-16-7-5-9-18(23)13-16/h3-5,7,9-11,13,17H,6,8,12,14-15H2,1-2H3,(H,24,27). The summed E-state index contributed by atoms with van der Waals surface area (Å²) in [4.78, 5) is 29.4. The largest absolute Gasteiger partial charge is 0.339 e. The predicted molar refractivity (Wildman–Crippen MR) is 114 cm³/mol. The topological polar surface area (TPSA) is 52.7 Å². The smallest absolute Gasteiger partial charge is 0.286 e. The van der Waals surface area contributed by atoms with E-state index in [1.54, 1.807) is 26.2 Å². The minimum Gasteiger partial charge on any atom is -0.339 e. The lowest BCUT2D eigenvalue weighted by molar-refractivity contribution is -0.121. The lowest BCUT2D eigenvalue weighted by Gasteiger charge is -2.32. The van der Waals surface area contributed by atoms with Gasteiger partial charge in [0.2, 0.25) is 5.91 Å². The van der Waals surface area contributed by atoms with Crippen LogP contribution in [0.3, 0.4) is 0 Å². The zero-order valence-electron chi connectivity index (χ0n) is 16.7. The summed E-state index contributed by atoms with van der Waals surface area (Å²) in [6.45, 7) is 2.16. The summed E-state index contributed by atoms with van der Waals surface area (Å²) in [5.41, 5.74) is 1.56. The van der Waals surface area contributed by atoms with Crippen LogP contribution in [-0.2, 0) is 11.3 Å². The molecule has 2 aromatic rings. The average Bonchev–Trinajstić information content (AvgIpc) is 2.69. The molecule has 5 nitrogen and oxygen atoms in total. The van der Waals surface area contributed by atoms with Gasteiger partial charge in [0, 0.05) is 32.1 Å². The van der Waals surface area contributed by atoms with Crippen molar-refractivity contribution in [2.45, 2.75) is 24.3 Å². The Morgan fingerprint density at radius 1 is 1.21 bits per heavy atom. The van der Waals surface area contributed by atoms with Gasteiger partial charge in [-0.3, -0.25) is 14.5 Å². The van der Waals surface area contributed by atoms with Gasteiger partial charge in [0.1, 0.15) is 5.82 Å². The first-order valence-corrected chi connectivity index (χ1v) is 10.5. The number of rotatable bonds is 5. The Hall–Kier alpha value is -2.38. The second kappa shape index (κ2) is 9.89.